The molecule has 0 aliphatic heterocycles. The van der Waals surface area contributed by atoms with Crippen LogP contribution in [0.4, 0.5) is 0 Å². The Morgan fingerprint density at radius 2 is 1.78 bits per heavy atom. The Balaban J connectivity index is 0.00000484. The summed E-state index contributed by atoms with van der Waals surface area (Å²) >= 11 is 0. The van der Waals surface area contributed by atoms with Gasteiger partial charge in [-0.15, -0.1) is 24.0 Å². The highest BCUT2D eigenvalue weighted by molar-refractivity contribution is 14.0. The zero-order valence-corrected chi connectivity index (χ0v) is 16.6. The third-order valence-corrected chi connectivity index (χ3v) is 4.21. The van der Waals surface area contributed by atoms with E-state index in [4.69, 9.17) is 4.74 Å². The largest absolute Gasteiger partial charge is 0.380 e. The monoisotopic (exact) mass is 456 g/mol. The molecule has 0 bridgehead atoms. The Morgan fingerprint density at radius 1 is 1.13 bits per heavy atom. The summed E-state index contributed by atoms with van der Waals surface area (Å²) in [5.74, 6) is 0.610. The number of nitrogens with zero attached hydrogens (tertiary/aromatic N) is 1. The fourth-order valence-corrected chi connectivity index (χ4v) is 2.71. The number of hydrogen-bond acceptors (Lipinski definition) is 4. The molecule has 7 nitrogen and oxygen atoms in total. The van der Waals surface area contributed by atoms with Gasteiger partial charge in [0.1, 0.15) is 0 Å². The number of guanidine groups is 1. The van der Waals surface area contributed by atoms with E-state index in [1.54, 1.807) is 37.4 Å². The molecule has 1 rings (SSSR count). The van der Waals surface area contributed by atoms with Gasteiger partial charge < -0.3 is 15.4 Å². The average molecular weight is 456 g/mol. The van der Waals surface area contributed by atoms with Crippen molar-refractivity contribution >= 4 is 40.0 Å². The van der Waals surface area contributed by atoms with E-state index in [0.29, 0.717) is 32.3 Å². The summed E-state index contributed by atoms with van der Waals surface area (Å²) < 4.78 is 31.7. The molecule has 132 valence electrons. The minimum absolute atomic E-state index is 0. The molecular formula is C14H25IN4O3S. The molecule has 0 aliphatic carbocycles. The first-order valence-electron chi connectivity index (χ1n) is 7.17. The number of aliphatic imine (C=N–C) groups is 1. The maximum atomic E-state index is 12.0. The van der Waals surface area contributed by atoms with Crippen molar-refractivity contribution in [3.05, 3.63) is 30.3 Å². The van der Waals surface area contributed by atoms with Gasteiger partial charge in [0.05, 0.1) is 11.5 Å². The van der Waals surface area contributed by atoms with Gasteiger partial charge in [-0.3, -0.25) is 4.99 Å². The Bertz CT molecular complexity index is 552. The van der Waals surface area contributed by atoms with Gasteiger partial charge in [0, 0.05) is 33.3 Å². The number of rotatable bonds is 9. The smallest absolute Gasteiger partial charge is 0.240 e. The van der Waals surface area contributed by atoms with E-state index in [-0.39, 0.29) is 35.4 Å². The van der Waals surface area contributed by atoms with E-state index in [1.807, 2.05) is 6.92 Å². The first-order chi connectivity index (χ1) is 10.6. The molecule has 0 unspecified atom stereocenters. The molecule has 0 atom stereocenters. The molecule has 0 saturated heterocycles. The first-order valence-corrected chi connectivity index (χ1v) is 8.65. The van der Waals surface area contributed by atoms with Crippen molar-refractivity contribution < 1.29 is 13.2 Å². The molecule has 0 saturated carbocycles. The van der Waals surface area contributed by atoms with Gasteiger partial charge in [-0.05, 0) is 19.1 Å². The van der Waals surface area contributed by atoms with Crippen LogP contribution in [-0.4, -0.2) is 54.3 Å². The molecule has 0 radical (unpaired) electrons. The SMILES string of the molecule is CCOCCNC(=NC)NCCNS(=O)(=O)c1ccccc1.I. The van der Waals surface area contributed by atoms with Crippen LogP contribution in [0.25, 0.3) is 0 Å². The quantitative estimate of drug-likeness (QED) is 0.221. The number of nitrogens with one attached hydrogen (secondary N) is 3. The lowest BCUT2D eigenvalue weighted by Gasteiger charge is -2.12. The van der Waals surface area contributed by atoms with Gasteiger partial charge in [-0.2, -0.15) is 0 Å². The molecule has 1 aromatic carbocycles. The molecular weight excluding hydrogens is 431 g/mol. The van der Waals surface area contributed by atoms with Gasteiger partial charge in [-0.25, -0.2) is 13.1 Å². The lowest BCUT2D eigenvalue weighted by molar-refractivity contribution is 0.152. The van der Waals surface area contributed by atoms with Gasteiger partial charge in [-0.1, -0.05) is 18.2 Å². The third kappa shape index (κ3) is 9.08. The van der Waals surface area contributed by atoms with Crippen LogP contribution in [0.15, 0.2) is 40.2 Å². The van der Waals surface area contributed by atoms with Crippen molar-refractivity contribution in [1.29, 1.82) is 0 Å². The molecule has 0 heterocycles. The van der Waals surface area contributed by atoms with E-state index in [0.717, 1.165) is 0 Å². The number of halogens is 1. The molecule has 9 heteroatoms. The maximum absolute atomic E-state index is 12.0. The predicted molar refractivity (Wildman–Crippen MR) is 103 cm³/mol. The van der Waals surface area contributed by atoms with Gasteiger partial charge in [0.15, 0.2) is 5.96 Å². The van der Waals surface area contributed by atoms with E-state index >= 15 is 0 Å². The van der Waals surface area contributed by atoms with Crippen molar-refractivity contribution in [1.82, 2.24) is 15.4 Å². The second-order valence-corrected chi connectivity index (χ2v) is 6.10. The van der Waals surface area contributed by atoms with Crippen LogP contribution >= 0.6 is 24.0 Å². The van der Waals surface area contributed by atoms with Crippen LogP contribution in [0.3, 0.4) is 0 Å². The normalized spacial score (nSPS) is 11.7. The second kappa shape index (κ2) is 12.5. The molecule has 0 spiro atoms. The fourth-order valence-electron chi connectivity index (χ4n) is 1.66. The maximum Gasteiger partial charge on any atom is 0.240 e. The number of benzene rings is 1. The highest BCUT2D eigenvalue weighted by atomic mass is 127. The zero-order chi connectivity index (χ0) is 16.3. The molecule has 0 amide bonds. The highest BCUT2D eigenvalue weighted by Gasteiger charge is 2.11. The summed E-state index contributed by atoms with van der Waals surface area (Å²) in [6.07, 6.45) is 0. The van der Waals surface area contributed by atoms with Crippen molar-refractivity contribution in [2.75, 3.05) is 39.9 Å². The summed E-state index contributed by atoms with van der Waals surface area (Å²) in [5.41, 5.74) is 0. The minimum atomic E-state index is -3.46. The van der Waals surface area contributed by atoms with Gasteiger partial charge in [0.25, 0.3) is 0 Å². The van der Waals surface area contributed by atoms with Crippen molar-refractivity contribution in [3.63, 3.8) is 0 Å². The lowest BCUT2D eigenvalue weighted by atomic mass is 10.4. The van der Waals surface area contributed by atoms with Gasteiger partial charge in [0.2, 0.25) is 10.0 Å². The first kappa shape index (κ1) is 22.1. The number of ether oxygens (including phenoxy) is 1. The summed E-state index contributed by atoms with van der Waals surface area (Å²) in [5, 5.41) is 6.10. The standard InChI is InChI=1S/C14H24N4O3S.HI/c1-3-21-12-11-17-14(15-2)16-9-10-18-22(19,20)13-7-5-4-6-8-13;/h4-8,18H,3,9-12H2,1-2H3,(H2,15,16,17);1H. The van der Waals surface area contributed by atoms with E-state index in [1.165, 1.54) is 0 Å². The lowest BCUT2D eigenvalue weighted by Crippen LogP contribution is -2.42. The van der Waals surface area contributed by atoms with E-state index in [9.17, 15) is 8.42 Å². The molecule has 3 N–H and O–H groups in total. The van der Waals surface area contributed by atoms with Crippen molar-refractivity contribution in [2.24, 2.45) is 4.99 Å². The molecule has 0 aliphatic rings. The summed E-state index contributed by atoms with van der Waals surface area (Å²) in [7, 11) is -1.80. The van der Waals surface area contributed by atoms with Crippen LogP contribution in [-0.2, 0) is 14.8 Å². The van der Waals surface area contributed by atoms with E-state index in [2.05, 4.69) is 20.3 Å². The van der Waals surface area contributed by atoms with Crippen LogP contribution in [0.2, 0.25) is 0 Å². The summed E-state index contributed by atoms with van der Waals surface area (Å²) in [4.78, 5) is 4.30. The molecule has 23 heavy (non-hydrogen) atoms. The summed E-state index contributed by atoms with van der Waals surface area (Å²) in [6, 6.07) is 8.28. The fraction of sp³-hybridized carbons (Fsp3) is 0.500. The Kier molecular flexibility index (Phi) is 12.0. The third-order valence-electron chi connectivity index (χ3n) is 2.73. The Hall–Kier alpha value is -0.910. The molecule has 1 aromatic rings. The van der Waals surface area contributed by atoms with Gasteiger partial charge >= 0.3 is 0 Å². The molecule has 0 fully saturated rings. The van der Waals surface area contributed by atoms with Crippen molar-refractivity contribution in [3.8, 4) is 0 Å². The van der Waals surface area contributed by atoms with E-state index < -0.39 is 10.0 Å². The zero-order valence-electron chi connectivity index (χ0n) is 13.4. The second-order valence-electron chi connectivity index (χ2n) is 4.33. The average Bonchev–Trinajstić information content (AvgIpc) is 2.54. The summed E-state index contributed by atoms with van der Waals surface area (Å²) in [6.45, 7) is 4.55. The van der Waals surface area contributed by atoms with Crippen LogP contribution in [0.5, 0.6) is 0 Å². The van der Waals surface area contributed by atoms with Crippen LogP contribution in [0, 0.1) is 0 Å². The van der Waals surface area contributed by atoms with Crippen molar-refractivity contribution in [2.45, 2.75) is 11.8 Å². The van der Waals surface area contributed by atoms with Crippen LogP contribution < -0.4 is 15.4 Å². The topological polar surface area (TPSA) is 91.8 Å². The highest BCUT2D eigenvalue weighted by Crippen LogP contribution is 2.06. The minimum Gasteiger partial charge on any atom is -0.380 e. The number of hydrogen-bond donors (Lipinski definition) is 3. The Morgan fingerprint density at radius 3 is 2.39 bits per heavy atom. The predicted octanol–water partition coefficient (Wildman–Crippen LogP) is 0.784. The number of sulfonamides is 1. The molecule has 0 aromatic heterocycles. The Labute approximate surface area is 155 Å². The van der Waals surface area contributed by atoms with Crippen LogP contribution in [0.1, 0.15) is 6.92 Å².